The Hall–Kier alpha value is -2.86. The van der Waals surface area contributed by atoms with Crippen LogP contribution in [0.5, 0.6) is 5.75 Å². The lowest BCUT2D eigenvalue weighted by molar-refractivity contribution is -0.123. The molecule has 0 spiro atoms. The highest BCUT2D eigenvalue weighted by molar-refractivity contribution is 6.40. The van der Waals surface area contributed by atoms with Gasteiger partial charge in [-0.1, -0.05) is 29.8 Å². The lowest BCUT2D eigenvalue weighted by atomic mass is 10.1. The average Bonchev–Trinajstić information content (AvgIpc) is 2.70. The molecule has 0 radical (unpaired) electrons. The predicted octanol–water partition coefficient (Wildman–Crippen LogP) is 3.36. The molecule has 2 aromatic carbocycles. The van der Waals surface area contributed by atoms with Gasteiger partial charge in [-0.05, 0) is 36.4 Å². The number of amides is 2. The standard InChI is InChI=1S/C20H20ClN3O3/c1-23(13-14-27-17-9-7-15(21)8-10-17)20(26)18-11-12-19(25)24(22-18)16-5-3-2-4-6-16/h2-10H,11-14H2,1H3. The molecule has 3 rings (SSSR count). The van der Waals surface area contributed by atoms with Crippen molar-refractivity contribution in [2.75, 3.05) is 25.2 Å². The van der Waals surface area contributed by atoms with Crippen LogP contribution in [-0.2, 0) is 9.59 Å². The van der Waals surface area contributed by atoms with Crippen LogP contribution in [-0.4, -0.2) is 42.6 Å². The third kappa shape index (κ3) is 4.86. The van der Waals surface area contributed by atoms with Crippen molar-refractivity contribution in [3.05, 3.63) is 59.6 Å². The largest absolute Gasteiger partial charge is 0.492 e. The van der Waals surface area contributed by atoms with Crippen LogP contribution in [0, 0.1) is 0 Å². The van der Waals surface area contributed by atoms with Crippen LogP contribution in [0.15, 0.2) is 59.7 Å². The Morgan fingerprint density at radius 2 is 1.85 bits per heavy atom. The van der Waals surface area contributed by atoms with E-state index in [-0.39, 0.29) is 18.2 Å². The van der Waals surface area contributed by atoms with Gasteiger partial charge in [-0.25, -0.2) is 5.01 Å². The topological polar surface area (TPSA) is 62.2 Å². The molecule has 7 heteroatoms. The second kappa shape index (κ2) is 8.68. The molecule has 1 aliphatic heterocycles. The number of rotatable bonds is 6. The Labute approximate surface area is 163 Å². The SMILES string of the molecule is CN(CCOc1ccc(Cl)cc1)C(=O)C1=NN(c2ccccc2)C(=O)CC1. The molecular formula is C20H20ClN3O3. The number of ether oxygens (including phenoxy) is 1. The molecule has 0 saturated carbocycles. The molecule has 140 valence electrons. The van der Waals surface area contributed by atoms with Gasteiger partial charge < -0.3 is 9.64 Å². The molecule has 0 bridgehead atoms. The quantitative estimate of drug-likeness (QED) is 0.766. The minimum absolute atomic E-state index is 0.119. The fourth-order valence-corrected chi connectivity index (χ4v) is 2.76. The van der Waals surface area contributed by atoms with Gasteiger partial charge in [0.2, 0.25) is 5.91 Å². The van der Waals surface area contributed by atoms with E-state index < -0.39 is 0 Å². The smallest absolute Gasteiger partial charge is 0.269 e. The van der Waals surface area contributed by atoms with E-state index in [0.29, 0.717) is 41.7 Å². The summed E-state index contributed by atoms with van der Waals surface area (Å²) >= 11 is 5.84. The van der Waals surface area contributed by atoms with Crippen molar-refractivity contribution in [2.24, 2.45) is 5.10 Å². The van der Waals surface area contributed by atoms with Gasteiger partial charge in [0.1, 0.15) is 18.1 Å². The number of carbonyl (C=O) groups excluding carboxylic acids is 2. The molecule has 0 N–H and O–H groups in total. The number of hydrogen-bond acceptors (Lipinski definition) is 4. The maximum Gasteiger partial charge on any atom is 0.269 e. The summed E-state index contributed by atoms with van der Waals surface area (Å²) in [6, 6.07) is 16.1. The molecule has 1 aliphatic rings. The average molecular weight is 386 g/mol. The van der Waals surface area contributed by atoms with Gasteiger partial charge in [0.25, 0.3) is 5.91 Å². The number of hydrazone groups is 1. The summed E-state index contributed by atoms with van der Waals surface area (Å²) < 4.78 is 5.62. The van der Waals surface area contributed by atoms with Crippen molar-refractivity contribution in [2.45, 2.75) is 12.8 Å². The second-order valence-electron chi connectivity index (χ2n) is 6.12. The first-order valence-electron chi connectivity index (χ1n) is 8.64. The first-order chi connectivity index (χ1) is 13.0. The van der Waals surface area contributed by atoms with E-state index in [2.05, 4.69) is 5.10 Å². The van der Waals surface area contributed by atoms with Gasteiger partial charge in [-0.3, -0.25) is 9.59 Å². The van der Waals surface area contributed by atoms with Crippen LogP contribution in [0.2, 0.25) is 5.02 Å². The fraction of sp³-hybridized carbons (Fsp3) is 0.250. The lowest BCUT2D eigenvalue weighted by Crippen LogP contribution is -2.41. The zero-order chi connectivity index (χ0) is 19.2. The van der Waals surface area contributed by atoms with Crippen molar-refractivity contribution in [1.29, 1.82) is 0 Å². The lowest BCUT2D eigenvalue weighted by Gasteiger charge is -2.25. The molecule has 27 heavy (non-hydrogen) atoms. The summed E-state index contributed by atoms with van der Waals surface area (Å²) in [5.41, 5.74) is 1.02. The number of para-hydroxylation sites is 1. The summed E-state index contributed by atoms with van der Waals surface area (Å²) in [6.45, 7) is 0.748. The highest BCUT2D eigenvalue weighted by atomic mass is 35.5. The van der Waals surface area contributed by atoms with E-state index in [0.717, 1.165) is 0 Å². The Kier molecular flexibility index (Phi) is 6.08. The number of carbonyl (C=O) groups is 2. The Balaban J connectivity index is 1.60. The van der Waals surface area contributed by atoms with Crippen molar-refractivity contribution in [3.63, 3.8) is 0 Å². The number of benzene rings is 2. The molecule has 0 fully saturated rings. The van der Waals surface area contributed by atoms with Crippen molar-refractivity contribution >= 4 is 34.8 Å². The van der Waals surface area contributed by atoms with E-state index in [4.69, 9.17) is 16.3 Å². The van der Waals surface area contributed by atoms with Gasteiger partial charge in [0.15, 0.2) is 0 Å². The zero-order valence-corrected chi connectivity index (χ0v) is 15.7. The zero-order valence-electron chi connectivity index (χ0n) is 15.0. The van der Waals surface area contributed by atoms with Crippen LogP contribution >= 0.6 is 11.6 Å². The number of hydrogen-bond donors (Lipinski definition) is 0. The normalized spacial score (nSPS) is 13.9. The first kappa shape index (κ1) is 18.9. The summed E-state index contributed by atoms with van der Waals surface area (Å²) in [7, 11) is 1.69. The maximum atomic E-state index is 12.7. The van der Waals surface area contributed by atoms with Crippen molar-refractivity contribution in [3.8, 4) is 5.75 Å². The Bertz CT molecular complexity index is 837. The minimum Gasteiger partial charge on any atom is -0.492 e. The molecule has 0 aliphatic carbocycles. The van der Waals surface area contributed by atoms with Crippen LogP contribution in [0.1, 0.15) is 12.8 Å². The van der Waals surface area contributed by atoms with Gasteiger partial charge >= 0.3 is 0 Å². The Morgan fingerprint density at radius 1 is 1.15 bits per heavy atom. The number of anilines is 1. The summed E-state index contributed by atoms with van der Waals surface area (Å²) in [4.78, 5) is 26.4. The van der Waals surface area contributed by atoms with E-state index in [1.807, 2.05) is 18.2 Å². The third-order valence-corrected chi connectivity index (χ3v) is 4.39. The summed E-state index contributed by atoms with van der Waals surface area (Å²) in [5.74, 6) is 0.366. The summed E-state index contributed by atoms with van der Waals surface area (Å²) in [5, 5.41) is 6.23. The maximum absolute atomic E-state index is 12.7. The van der Waals surface area contributed by atoms with E-state index in [1.165, 1.54) is 5.01 Å². The van der Waals surface area contributed by atoms with Gasteiger partial charge in [-0.15, -0.1) is 0 Å². The molecule has 0 unspecified atom stereocenters. The first-order valence-corrected chi connectivity index (χ1v) is 9.02. The van der Waals surface area contributed by atoms with E-state index >= 15 is 0 Å². The van der Waals surface area contributed by atoms with Crippen LogP contribution < -0.4 is 9.75 Å². The highest BCUT2D eigenvalue weighted by Gasteiger charge is 2.27. The molecular weight excluding hydrogens is 366 g/mol. The minimum atomic E-state index is -0.205. The molecule has 1 heterocycles. The number of likely N-dealkylation sites (N-methyl/N-ethyl adjacent to an activating group) is 1. The second-order valence-corrected chi connectivity index (χ2v) is 6.55. The third-order valence-electron chi connectivity index (χ3n) is 4.14. The van der Waals surface area contributed by atoms with E-state index in [1.54, 1.807) is 48.3 Å². The van der Waals surface area contributed by atoms with Gasteiger partial charge in [0, 0.05) is 24.9 Å². The molecule has 2 amide bonds. The Morgan fingerprint density at radius 3 is 2.56 bits per heavy atom. The van der Waals surface area contributed by atoms with Crippen LogP contribution in [0.25, 0.3) is 0 Å². The van der Waals surface area contributed by atoms with Gasteiger partial charge in [-0.2, -0.15) is 5.10 Å². The van der Waals surface area contributed by atoms with Crippen molar-refractivity contribution in [1.82, 2.24) is 4.90 Å². The van der Waals surface area contributed by atoms with Crippen LogP contribution in [0.3, 0.4) is 0 Å². The predicted molar refractivity (Wildman–Crippen MR) is 105 cm³/mol. The monoisotopic (exact) mass is 385 g/mol. The molecule has 0 aromatic heterocycles. The molecule has 6 nitrogen and oxygen atoms in total. The number of nitrogens with zero attached hydrogens (tertiary/aromatic N) is 3. The van der Waals surface area contributed by atoms with Crippen molar-refractivity contribution < 1.29 is 14.3 Å². The van der Waals surface area contributed by atoms with E-state index in [9.17, 15) is 9.59 Å². The highest BCUT2D eigenvalue weighted by Crippen LogP contribution is 2.20. The van der Waals surface area contributed by atoms with Gasteiger partial charge in [0.05, 0.1) is 12.2 Å². The summed E-state index contributed by atoms with van der Waals surface area (Å²) in [6.07, 6.45) is 0.595. The fourth-order valence-electron chi connectivity index (χ4n) is 2.63. The molecule has 2 aromatic rings. The van der Waals surface area contributed by atoms with Crippen LogP contribution in [0.4, 0.5) is 5.69 Å². The molecule has 0 atom stereocenters. The number of halogens is 1. The molecule has 0 saturated heterocycles.